The minimum atomic E-state index is -0.0999. The van der Waals surface area contributed by atoms with Crippen molar-refractivity contribution in [2.45, 2.75) is 19.8 Å². The summed E-state index contributed by atoms with van der Waals surface area (Å²) in [5.74, 6) is 0.404. The fourth-order valence-corrected chi connectivity index (χ4v) is 2.41. The molecule has 0 aliphatic heterocycles. The van der Waals surface area contributed by atoms with Crippen LogP contribution in [0.3, 0.4) is 0 Å². The second-order valence-corrected chi connectivity index (χ2v) is 5.08. The third-order valence-electron chi connectivity index (χ3n) is 3.51. The van der Waals surface area contributed by atoms with Gasteiger partial charge in [-0.15, -0.1) is 0 Å². The Bertz CT molecular complexity index is 780. The lowest BCUT2D eigenvalue weighted by molar-refractivity contribution is 0.0946. The zero-order valence-corrected chi connectivity index (χ0v) is 12.5. The number of hydrogen-bond acceptors (Lipinski definition) is 3. The average molecular weight is 294 g/mol. The van der Waals surface area contributed by atoms with E-state index in [-0.39, 0.29) is 5.91 Å². The second-order valence-electron chi connectivity index (χ2n) is 5.08. The van der Waals surface area contributed by atoms with Crippen molar-refractivity contribution in [1.29, 1.82) is 0 Å². The van der Waals surface area contributed by atoms with Gasteiger partial charge in [0.25, 0.3) is 5.91 Å². The highest BCUT2D eigenvalue weighted by Crippen LogP contribution is 2.22. The second kappa shape index (κ2) is 6.39. The molecule has 5 heteroatoms. The number of para-hydroxylation sites is 1. The van der Waals surface area contributed by atoms with Crippen LogP contribution in [0, 0.1) is 0 Å². The summed E-state index contributed by atoms with van der Waals surface area (Å²) in [5.41, 5.74) is 1.48. The molecule has 0 aliphatic rings. The summed E-state index contributed by atoms with van der Waals surface area (Å²) in [6, 6.07) is 11.5. The first-order valence-electron chi connectivity index (χ1n) is 7.47. The summed E-state index contributed by atoms with van der Waals surface area (Å²) in [6.45, 7) is 2.77. The number of rotatable bonds is 5. The van der Waals surface area contributed by atoms with E-state index < -0.39 is 0 Å². The molecule has 0 fully saturated rings. The number of unbranched alkanes of at least 4 members (excludes halogenated alkanes) is 1. The number of aromatic nitrogens is 3. The van der Waals surface area contributed by atoms with E-state index in [9.17, 15) is 4.79 Å². The van der Waals surface area contributed by atoms with Crippen LogP contribution in [0.5, 0.6) is 0 Å². The number of nitrogens with one attached hydrogen (secondary N) is 1. The van der Waals surface area contributed by atoms with Crippen molar-refractivity contribution >= 4 is 16.8 Å². The highest BCUT2D eigenvalue weighted by molar-refractivity contribution is 5.99. The zero-order chi connectivity index (χ0) is 15.4. The molecule has 1 N–H and O–H groups in total. The van der Waals surface area contributed by atoms with Crippen LogP contribution in [0.2, 0.25) is 0 Å². The van der Waals surface area contributed by atoms with Crippen LogP contribution in [0.4, 0.5) is 0 Å². The van der Waals surface area contributed by atoms with Crippen molar-refractivity contribution in [2.75, 3.05) is 6.54 Å². The molecule has 0 spiro atoms. The Morgan fingerprint density at radius 1 is 1.18 bits per heavy atom. The molecule has 22 heavy (non-hydrogen) atoms. The fourth-order valence-electron chi connectivity index (χ4n) is 2.41. The number of carbonyl (C=O) groups excluding carboxylic acids is 1. The first-order chi connectivity index (χ1) is 10.8. The summed E-state index contributed by atoms with van der Waals surface area (Å²) in [4.78, 5) is 21.1. The zero-order valence-electron chi connectivity index (χ0n) is 12.5. The number of amides is 1. The normalized spacial score (nSPS) is 10.8. The minimum Gasteiger partial charge on any atom is -0.351 e. The van der Waals surface area contributed by atoms with Crippen molar-refractivity contribution in [3.63, 3.8) is 0 Å². The highest BCUT2D eigenvalue weighted by atomic mass is 16.1. The van der Waals surface area contributed by atoms with Crippen LogP contribution < -0.4 is 5.32 Å². The Morgan fingerprint density at radius 2 is 1.95 bits per heavy atom. The summed E-state index contributed by atoms with van der Waals surface area (Å²) >= 11 is 0. The van der Waals surface area contributed by atoms with Crippen LogP contribution in [0.1, 0.15) is 30.3 Å². The van der Waals surface area contributed by atoms with Crippen molar-refractivity contribution in [2.24, 2.45) is 0 Å². The van der Waals surface area contributed by atoms with Gasteiger partial charge in [-0.2, -0.15) is 0 Å². The van der Waals surface area contributed by atoms with Gasteiger partial charge in [0.05, 0.1) is 5.52 Å². The van der Waals surface area contributed by atoms with Crippen molar-refractivity contribution in [1.82, 2.24) is 19.9 Å². The fraction of sp³-hybridized carbons (Fsp3) is 0.235. The molecule has 0 radical (unpaired) electrons. The smallest absolute Gasteiger partial charge is 0.268 e. The molecule has 0 atom stereocenters. The Kier molecular flexibility index (Phi) is 4.14. The van der Waals surface area contributed by atoms with E-state index in [2.05, 4.69) is 22.2 Å². The van der Waals surface area contributed by atoms with Gasteiger partial charge < -0.3 is 5.32 Å². The Hall–Kier alpha value is -2.69. The molecule has 112 valence electrons. The van der Waals surface area contributed by atoms with Gasteiger partial charge in [-0.25, -0.2) is 9.97 Å². The van der Waals surface area contributed by atoms with E-state index in [1.165, 1.54) is 0 Å². The van der Waals surface area contributed by atoms with Gasteiger partial charge in [-0.3, -0.25) is 9.36 Å². The molecule has 0 unspecified atom stereocenters. The summed E-state index contributed by atoms with van der Waals surface area (Å²) < 4.78 is 1.80. The van der Waals surface area contributed by atoms with Gasteiger partial charge in [0.2, 0.25) is 5.95 Å². The molecule has 2 heterocycles. The quantitative estimate of drug-likeness (QED) is 0.736. The lowest BCUT2D eigenvalue weighted by Crippen LogP contribution is -2.26. The summed E-state index contributed by atoms with van der Waals surface area (Å²) in [7, 11) is 0. The third-order valence-corrected chi connectivity index (χ3v) is 3.51. The summed E-state index contributed by atoms with van der Waals surface area (Å²) in [6.07, 6.45) is 5.37. The van der Waals surface area contributed by atoms with Gasteiger partial charge in [0.15, 0.2) is 0 Å². The molecule has 0 saturated heterocycles. The first-order valence-corrected chi connectivity index (χ1v) is 7.47. The van der Waals surface area contributed by atoms with E-state index in [1.807, 2.05) is 30.3 Å². The van der Waals surface area contributed by atoms with E-state index in [0.29, 0.717) is 18.2 Å². The molecule has 3 aromatic rings. The van der Waals surface area contributed by atoms with Crippen molar-refractivity contribution in [3.8, 4) is 5.95 Å². The van der Waals surface area contributed by atoms with Crippen LogP contribution in [0.15, 0.2) is 48.8 Å². The standard InChI is InChI=1S/C17H18N4O/c1-2-3-9-18-16(22)15-12-13-7-4-5-8-14(13)21(15)17-19-10-6-11-20-17/h4-8,10-12H,2-3,9H2,1H3,(H,18,22). The van der Waals surface area contributed by atoms with Gasteiger partial charge in [0.1, 0.15) is 5.69 Å². The molecule has 0 bridgehead atoms. The summed E-state index contributed by atoms with van der Waals surface area (Å²) in [5, 5.41) is 3.95. The molecular weight excluding hydrogens is 276 g/mol. The topological polar surface area (TPSA) is 59.8 Å². The predicted molar refractivity (Wildman–Crippen MR) is 86.1 cm³/mol. The van der Waals surface area contributed by atoms with E-state index in [1.54, 1.807) is 23.0 Å². The average Bonchev–Trinajstić information content (AvgIpc) is 2.95. The van der Waals surface area contributed by atoms with Crippen molar-refractivity contribution in [3.05, 3.63) is 54.5 Å². The maximum Gasteiger partial charge on any atom is 0.268 e. The third kappa shape index (κ3) is 2.70. The number of hydrogen-bond donors (Lipinski definition) is 1. The monoisotopic (exact) mass is 294 g/mol. The maximum absolute atomic E-state index is 12.5. The van der Waals surface area contributed by atoms with Gasteiger partial charge in [-0.1, -0.05) is 31.5 Å². The Labute approximate surface area is 129 Å². The van der Waals surface area contributed by atoms with E-state index in [4.69, 9.17) is 0 Å². The van der Waals surface area contributed by atoms with Crippen molar-refractivity contribution < 1.29 is 4.79 Å². The lowest BCUT2D eigenvalue weighted by Gasteiger charge is -2.09. The Morgan fingerprint density at radius 3 is 2.73 bits per heavy atom. The van der Waals surface area contributed by atoms with Gasteiger partial charge in [-0.05, 0) is 24.6 Å². The molecule has 0 saturated carbocycles. The van der Waals surface area contributed by atoms with Crippen LogP contribution in [-0.4, -0.2) is 27.0 Å². The molecule has 3 rings (SSSR count). The van der Waals surface area contributed by atoms with Crippen LogP contribution in [-0.2, 0) is 0 Å². The molecule has 1 aromatic carbocycles. The van der Waals surface area contributed by atoms with Crippen LogP contribution in [0.25, 0.3) is 16.9 Å². The van der Waals surface area contributed by atoms with E-state index >= 15 is 0 Å². The molecule has 2 aromatic heterocycles. The maximum atomic E-state index is 12.5. The first kappa shape index (κ1) is 14.3. The number of nitrogens with zero attached hydrogens (tertiary/aromatic N) is 3. The number of carbonyl (C=O) groups is 1. The predicted octanol–water partition coefficient (Wildman–Crippen LogP) is 2.95. The SMILES string of the molecule is CCCCNC(=O)c1cc2ccccc2n1-c1ncccn1. The molecule has 1 amide bonds. The molecular formula is C17H18N4O. The van der Waals surface area contributed by atoms with Crippen LogP contribution >= 0.6 is 0 Å². The lowest BCUT2D eigenvalue weighted by atomic mass is 10.2. The van der Waals surface area contributed by atoms with Gasteiger partial charge in [0, 0.05) is 24.3 Å². The largest absolute Gasteiger partial charge is 0.351 e. The highest BCUT2D eigenvalue weighted by Gasteiger charge is 2.17. The molecule has 0 aliphatic carbocycles. The number of benzene rings is 1. The molecule has 5 nitrogen and oxygen atoms in total. The number of fused-ring (bicyclic) bond motifs is 1. The Balaban J connectivity index is 2.07. The van der Waals surface area contributed by atoms with Gasteiger partial charge >= 0.3 is 0 Å². The van der Waals surface area contributed by atoms with E-state index in [0.717, 1.165) is 23.7 Å². The minimum absolute atomic E-state index is 0.0999.